The maximum Gasteiger partial charge on any atom is 0.260 e. The van der Waals surface area contributed by atoms with Crippen molar-refractivity contribution in [1.29, 1.82) is 0 Å². The third-order valence-corrected chi connectivity index (χ3v) is 2.98. The van der Waals surface area contributed by atoms with E-state index in [9.17, 15) is 9.59 Å². The number of hydrogen-bond acceptors (Lipinski definition) is 4. The van der Waals surface area contributed by atoms with E-state index in [0.717, 1.165) is 6.54 Å². The predicted octanol–water partition coefficient (Wildman–Crippen LogP) is 1.34. The quantitative estimate of drug-likeness (QED) is 0.729. The van der Waals surface area contributed by atoms with E-state index in [1.54, 1.807) is 36.2 Å². The van der Waals surface area contributed by atoms with E-state index in [2.05, 4.69) is 5.32 Å². The molecule has 5 heteroatoms. The Kier molecular flexibility index (Phi) is 6.73. The second kappa shape index (κ2) is 8.32. The highest BCUT2D eigenvalue weighted by molar-refractivity contribution is 5.95. The fourth-order valence-corrected chi connectivity index (χ4v) is 1.60. The summed E-state index contributed by atoms with van der Waals surface area (Å²) in [5.74, 6) is 0.612. The molecule has 1 N–H and O–H groups in total. The van der Waals surface area contributed by atoms with E-state index in [-0.39, 0.29) is 18.3 Å². The van der Waals surface area contributed by atoms with Gasteiger partial charge in [0, 0.05) is 32.1 Å². The van der Waals surface area contributed by atoms with E-state index in [1.165, 1.54) is 0 Å². The highest BCUT2D eigenvalue weighted by Crippen LogP contribution is 2.13. The summed E-state index contributed by atoms with van der Waals surface area (Å²) in [5.41, 5.74) is 0.664. The minimum Gasteiger partial charge on any atom is -0.484 e. The van der Waals surface area contributed by atoms with Gasteiger partial charge >= 0.3 is 0 Å². The number of hydrogen-bond donors (Lipinski definition) is 1. The summed E-state index contributed by atoms with van der Waals surface area (Å²) >= 11 is 0. The highest BCUT2D eigenvalue weighted by Gasteiger charge is 2.09. The van der Waals surface area contributed by atoms with Gasteiger partial charge in [0.1, 0.15) is 5.75 Å². The van der Waals surface area contributed by atoms with Gasteiger partial charge in [-0.15, -0.1) is 0 Å². The predicted molar refractivity (Wildman–Crippen MR) is 78.1 cm³/mol. The van der Waals surface area contributed by atoms with Crippen molar-refractivity contribution in [1.82, 2.24) is 10.2 Å². The van der Waals surface area contributed by atoms with Crippen LogP contribution in [0, 0.1) is 0 Å². The summed E-state index contributed by atoms with van der Waals surface area (Å²) in [7, 11) is 3.58. The summed E-state index contributed by atoms with van der Waals surface area (Å²) in [5, 5.41) is 2.98. The third-order valence-electron chi connectivity index (χ3n) is 2.98. The van der Waals surface area contributed by atoms with Crippen molar-refractivity contribution in [2.75, 3.05) is 33.8 Å². The van der Waals surface area contributed by atoms with Crippen LogP contribution >= 0.6 is 0 Å². The van der Waals surface area contributed by atoms with E-state index in [0.29, 0.717) is 24.3 Å². The average molecular weight is 278 g/mol. The number of rotatable bonds is 8. The molecule has 1 aromatic carbocycles. The van der Waals surface area contributed by atoms with Gasteiger partial charge in [0.25, 0.3) is 5.91 Å². The monoisotopic (exact) mass is 278 g/mol. The lowest BCUT2D eigenvalue weighted by Gasteiger charge is -2.17. The van der Waals surface area contributed by atoms with Gasteiger partial charge in [-0.1, -0.05) is 6.92 Å². The number of carbonyl (C=O) groups is 2. The van der Waals surface area contributed by atoms with Crippen LogP contribution in [0.25, 0.3) is 0 Å². The number of nitrogens with zero attached hydrogens (tertiary/aromatic N) is 1. The zero-order chi connectivity index (χ0) is 15.0. The molecule has 0 saturated carbocycles. The van der Waals surface area contributed by atoms with Crippen molar-refractivity contribution in [3.05, 3.63) is 29.8 Å². The molecule has 0 radical (unpaired) electrons. The van der Waals surface area contributed by atoms with Gasteiger partial charge in [-0.2, -0.15) is 0 Å². The lowest BCUT2D eigenvalue weighted by molar-refractivity contribution is -0.131. The molecule has 0 aliphatic carbocycles. The number of carbonyl (C=O) groups excluding carboxylic acids is 2. The third kappa shape index (κ3) is 5.01. The molecule has 1 rings (SSSR count). The molecule has 0 aromatic heterocycles. The van der Waals surface area contributed by atoms with Gasteiger partial charge in [0.15, 0.2) is 12.4 Å². The summed E-state index contributed by atoms with van der Waals surface area (Å²) in [6, 6.07) is 6.86. The van der Waals surface area contributed by atoms with Crippen LogP contribution in [0.4, 0.5) is 0 Å². The first-order valence-corrected chi connectivity index (χ1v) is 6.73. The summed E-state index contributed by atoms with van der Waals surface area (Å²) < 4.78 is 5.41. The summed E-state index contributed by atoms with van der Waals surface area (Å²) in [4.78, 5) is 24.9. The van der Waals surface area contributed by atoms with E-state index >= 15 is 0 Å². The first-order chi connectivity index (χ1) is 9.58. The van der Waals surface area contributed by atoms with Crippen LogP contribution in [0.2, 0.25) is 0 Å². The molecule has 0 bridgehead atoms. The van der Waals surface area contributed by atoms with Gasteiger partial charge in [-0.05, 0) is 31.3 Å². The molecule has 1 aromatic rings. The number of amides is 1. The molecule has 0 heterocycles. The Hall–Kier alpha value is -1.88. The molecular weight excluding hydrogens is 256 g/mol. The van der Waals surface area contributed by atoms with Gasteiger partial charge in [0.05, 0.1) is 0 Å². The molecule has 0 atom stereocenters. The Bertz CT molecular complexity index is 443. The van der Waals surface area contributed by atoms with Crippen molar-refractivity contribution < 1.29 is 14.3 Å². The van der Waals surface area contributed by atoms with Crippen molar-refractivity contribution in [2.24, 2.45) is 0 Å². The summed E-state index contributed by atoms with van der Waals surface area (Å²) in [6.45, 7) is 3.21. The normalized spacial score (nSPS) is 10.2. The maximum absolute atomic E-state index is 11.8. The molecule has 1 amide bonds. The molecule has 20 heavy (non-hydrogen) atoms. The first-order valence-electron chi connectivity index (χ1n) is 6.73. The van der Waals surface area contributed by atoms with Crippen LogP contribution in [0.3, 0.4) is 0 Å². The molecular formula is C15H22N2O3. The van der Waals surface area contributed by atoms with Gasteiger partial charge in [-0.3, -0.25) is 9.59 Å². The molecule has 0 aliphatic rings. The molecule has 5 nitrogen and oxygen atoms in total. The van der Waals surface area contributed by atoms with Gasteiger partial charge < -0.3 is 15.0 Å². The number of Topliss-reactive ketones (excluding diaryl/α,β-unsaturated/α-hetero) is 1. The largest absolute Gasteiger partial charge is 0.484 e. The first kappa shape index (κ1) is 16.2. The fraction of sp³-hybridized carbons (Fsp3) is 0.467. The van der Waals surface area contributed by atoms with Crippen LogP contribution < -0.4 is 10.1 Å². The number of likely N-dealkylation sites (N-methyl/N-ethyl adjacent to an activating group) is 2. The smallest absolute Gasteiger partial charge is 0.260 e. The van der Waals surface area contributed by atoms with Crippen molar-refractivity contribution in [2.45, 2.75) is 13.3 Å². The van der Waals surface area contributed by atoms with Crippen molar-refractivity contribution in [3.63, 3.8) is 0 Å². The van der Waals surface area contributed by atoms with E-state index in [1.807, 2.05) is 14.0 Å². The van der Waals surface area contributed by atoms with Crippen LogP contribution in [0.1, 0.15) is 23.7 Å². The zero-order valence-corrected chi connectivity index (χ0v) is 12.3. The van der Waals surface area contributed by atoms with Crippen LogP contribution in [-0.2, 0) is 4.79 Å². The minimum absolute atomic E-state index is 0.00127. The number of nitrogens with one attached hydrogen (secondary N) is 1. The highest BCUT2D eigenvalue weighted by atomic mass is 16.5. The fourth-order valence-electron chi connectivity index (χ4n) is 1.60. The number of ketones is 1. The SMILES string of the molecule is CCC(=O)c1ccc(OCC(=O)N(C)CCNC)cc1. The summed E-state index contributed by atoms with van der Waals surface area (Å²) in [6.07, 6.45) is 0.481. The Balaban J connectivity index is 2.45. The molecule has 0 spiro atoms. The Morgan fingerprint density at radius 2 is 1.90 bits per heavy atom. The van der Waals surface area contributed by atoms with Gasteiger partial charge in [0.2, 0.25) is 0 Å². The lowest BCUT2D eigenvalue weighted by Crippen LogP contribution is -2.35. The second-order valence-corrected chi connectivity index (χ2v) is 4.51. The molecule has 0 fully saturated rings. The van der Waals surface area contributed by atoms with E-state index in [4.69, 9.17) is 4.74 Å². The van der Waals surface area contributed by atoms with Crippen LogP contribution in [0.5, 0.6) is 5.75 Å². The Morgan fingerprint density at radius 1 is 1.25 bits per heavy atom. The molecule has 0 saturated heterocycles. The number of ether oxygens (including phenoxy) is 1. The average Bonchev–Trinajstić information content (AvgIpc) is 2.49. The standard InChI is InChI=1S/C15H22N2O3/c1-4-14(18)12-5-7-13(8-6-12)20-11-15(19)17(3)10-9-16-2/h5-8,16H,4,9-11H2,1-3H3. The molecule has 110 valence electrons. The second-order valence-electron chi connectivity index (χ2n) is 4.51. The Morgan fingerprint density at radius 3 is 2.45 bits per heavy atom. The zero-order valence-electron chi connectivity index (χ0n) is 12.3. The molecule has 0 unspecified atom stereocenters. The van der Waals surface area contributed by atoms with Gasteiger partial charge in [-0.25, -0.2) is 0 Å². The minimum atomic E-state index is -0.0750. The maximum atomic E-state index is 11.8. The number of benzene rings is 1. The van der Waals surface area contributed by atoms with Crippen LogP contribution in [0.15, 0.2) is 24.3 Å². The van der Waals surface area contributed by atoms with Crippen molar-refractivity contribution in [3.8, 4) is 5.75 Å². The Labute approximate surface area is 119 Å². The molecule has 0 aliphatic heterocycles. The lowest BCUT2D eigenvalue weighted by atomic mass is 10.1. The topological polar surface area (TPSA) is 58.6 Å². The van der Waals surface area contributed by atoms with Crippen LogP contribution in [-0.4, -0.2) is 50.4 Å². The van der Waals surface area contributed by atoms with E-state index < -0.39 is 0 Å². The van der Waals surface area contributed by atoms with Crippen molar-refractivity contribution >= 4 is 11.7 Å².